The number of halogens is 1. The van der Waals surface area contributed by atoms with Gasteiger partial charge in [-0.1, -0.05) is 34.7 Å². The highest BCUT2D eigenvalue weighted by Crippen LogP contribution is 2.29. The number of sulfonamides is 1. The molecule has 2 aromatic rings. The zero-order chi connectivity index (χ0) is 21.0. The second kappa shape index (κ2) is 9.39. The van der Waals surface area contributed by atoms with Crippen LogP contribution in [0.25, 0.3) is 0 Å². The largest absolute Gasteiger partial charge is 0.468 e. The number of anilines is 1. The van der Waals surface area contributed by atoms with Crippen molar-refractivity contribution in [3.8, 4) is 0 Å². The first-order valence-electron chi connectivity index (χ1n) is 8.45. The second-order valence-corrected chi connectivity index (χ2v) is 10.5. The lowest BCUT2D eigenvalue weighted by atomic mass is 10.2. The molecule has 0 bridgehead atoms. The van der Waals surface area contributed by atoms with Crippen LogP contribution in [0.5, 0.6) is 0 Å². The van der Waals surface area contributed by atoms with Crippen molar-refractivity contribution in [3.05, 3.63) is 28.8 Å². The summed E-state index contributed by atoms with van der Waals surface area (Å²) in [5.74, 6) is -0.863. The number of amides is 1. The molecule has 0 saturated carbocycles. The molecule has 1 saturated heterocycles. The quantitative estimate of drug-likeness (QED) is 0.368. The fourth-order valence-electron chi connectivity index (χ4n) is 2.58. The minimum Gasteiger partial charge on any atom is -0.468 e. The van der Waals surface area contributed by atoms with Gasteiger partial charge in [-0.2, -0.15) is 4.31 Å². The summed E-state index contributed by atoms with van der Waals surface area (Å²) in [6, 6.07) is 4.09. The monoisotopic (exact) mass is 476 g/mol. The van der Waals surface area contributed by atoms with Gasteiger partial charge in [0.15, 0.2) is 4.34 Å². The molecule has 13 heteroatoms. The zero-order valence-corrected chi connectivity index (χ0v) is 18.5. The van der Waals surface area contributed by atoms with E-state index in [9.17, 15) is 18.0 Å². The third-order valence-electron chi connectivity index (χ3n) is 4.04. The van der Waals surface area contributed by atoms with E-state index in [1.165, 1.54) is 29.6 Å². The standard InChI is InChI=1S/C16H17ClN4O5S3/c1-26-13(22)9-27-16-20-19-15(28-16)18-14(23)10-4-5-11(17)12(8-10)29(24,25)21-6-2-3-7-21/h4-5,8H,2-3,6-7,9H2,1H3,(H,18,19,23). The molecule has 1 aliphatic rings. The Bertz CT molecular complexity index is 1020. The Labute approximate surface area is 180 Å². The van der Waals surface area contributed by atoms with Gasteiger partial charge in [-0.25, -0.2) is 8.42 Å². The van der Waals surface area contributed by atoms with Gasteiger partial charge in [0.2, 0.25) is 15.2 Å². The number of nitrogens with one attached hydrogen (secondary N) is 1. The molecular weight excluding hydrogens is 460 g/mol. The number of rotatable bonds is 7. The highest BCUT2D eigenvalue weighted by atomic mass is 35.5. The van der Waals surface area contributed by atoms with Gasteiger partial charge < -0.3 is 4.74 Å². The molecule has 9 nitrogen and oxygen atoms in total. The van der Waals surface area contributed by atoms with Crippen LogP contribution in [0.2, 0.25) is 5.02 Å². The van der Waals surface area contributed by atoms with Crippen molar-refractivity contribution in [1.82, 2.24) is 14.5 Å². The Balaban J connectivity index is 1.73. The normalized spacial score (nSPS) is 14.7. The van der Waals surface area contributed by atoms with Crippen LogP contribution >= 0.6 is 34.7 Å². The number of hydrogen-bond donors (Lipinski definition) is 1. The number of aromatic nitrogens is 2. The number of nitrogens with zero attached hydrogens (tertiary/aromatic N) is 3. The Hall–Kier alpha value is -1.73. The van der Waals surface area contributed by atoms with Gasteiger partial charge in [0.25, 0.3) is 5.91 Å². The summed E-state index contributed by atoms with van der Waals surface area (Å²) in [5, 5.41) is 10.6. The molecule has 0 spiro atoms. The van der Waals surface area contributed by atoms with Crippen molar-refractivity contribution in [3.63, 3.8) is 0 Å². The van der Waals surface area contributed by atoms with Crippen LogP contribution in [0.15, 0.2) is 27.4 Å². The summed E-state index contributed by atoms with van der Waals surface area (Å²) in [7, 11) is -2.47. The lowest BCUT2D eigenvalue weighted by Crippen LogP contribution is -2.28. The summed E-state index contributed by atoms with van der Waals surface area (Å²) in [5.41, 5.74) is 0.131. The molecule has 1 amide bonds. The SMILES string of the molecule is COC(=O)CSc1nnc(NC(=O)c2ccc(Cl)c(S(=O)(=O)N3CCCC3)c2)s1. The fraction of sp³-hybridized carbons (Fsp3) is 0.375. The van der Waals surface area contributed by atoms with Crippen LogP contribution in [0.4, 0.5) is 5.13 Å². The number of ether oxygens (including phenoxy) is 1. The van der Waals surface area contributed by atoms with E-state index in [-0.39, 0.29) is 26.4 Å². The van der Waals surface area contributed by atoms with Crippen LogP contribution in [0, 0.1) is 0 Å². The topological polar surface area (TPSA) is 119 Å². The van der Waals surface area contributed by atoms with E-state index in [4.69, 9.17) is 11.6 Å². The van der Waals surface area contributed by atoms with Gasteiger partial charge in [-0.3, -0.25) is 14.9 Å². The molecule has 1 aromatic heterocycles. The number of thioether (sulfide) groups is 1. The lowest BCUT2D eigenvalue weighted by Gasteiger charge is -2.17. The molecule has 1 aliphatic heterocycles. The summed E-state index contributed by atoms with van der Waals surface area (Å²) >= 11 is 8.33. The number of esters is 1. The average molecular weight is 477 g/mol. The summed E-state index contributed by atoms with van der Waals surface area (Å²) in [6.45, 7) is 0.873. The molecule has 1 N–H and O–H groups in total. The van der Waals surface area contributed by atoms with Gasteiger partial charge >= 0.3 is 5.97 Å². The van der Waals surface area contributed by atoms with Gasteiger partial charge in [0, 0.05) is 18.7 Å². The van der Waals surface area contributed by atoms with Crippen LogP contribution in [-0.4, -0.2) is 60.7 Å². The Morgan fingerprint density at radius 3 is 2.72 bits per heavy atom. The molecule has 0 atom stereocenters. The molecule has 156 valence electrons. The maximum absolute atomic E-state index is 12.8. The second-order valence-electron chi connectivity index (χ2n) is 5.95. The molecule has 1 fully saturated rings. The summed E-state index contributed by atoms with van der Waals surface area (Å²) in [6.07, 6.45) is 1.59. The van der Waals surface area contributed by atoms with Gasteiger partial charge in [0.1, 0.15) is 4.90 Å². The Morgan fingerprint density at radius 2 is 2.03 bits per heavy atom. The Morgan fingerprint density at radius 1 is 1.31 bits per heavy atom. The third-order valence-corrected chi connectivity index (χ3v) is 8.37. The lowest BCUT2D eigenvalue weighted by molar-refractivity contribution is -0.137. The highest BCUT2D eigenvalue weighted by Gasteiger charge is 2.29. The molecule has 0 radical (unpaired) electrons. The Kier molecular flexibility index (Phi) is 7.11. The highest BCUT2D eigenvalue weighted by molar-refractivity contribution is 8.01. The van der Waals surface area contributed by atoms with E-state index in [1.54, 1.807) is 0 Å². The van der Waals surface area contributed by atoms with E-state index in [0.29, 0.717) is 17.4 Å². The zero-order valence-electron chi connectivity index (χ0n) is 15.3. The average Bonchev–Trinajstić information content (AvgIpc) is 3.38. The van der Waals surface area contributed by atoms with Crippen molar-refractivity contribution in [2.24, 2.45) is 0 Å². The molecule has 0 unspecified atom stereocenters. The van der Waals surface area contributed by atoms with E-state index in [1.807, 2.05) is 0 Å². The first kappa shape index (κ1) is 22.0. The van der Waals surface area contributed by atoms with Crippen molar-refractivity contribution < 1.29 is 22.7 Å². The number of benzene rings is 1. The number of hydrogen-bond acceptors (Lipinski definition) is 9. The number of methoxy groups -OCH3 is 1. The van der Waals surface area contributed by atoms with Crippen LogP contribution < -0.4 is 5.32 Å². The molecular formula is C16H17ClN4O5S3. The molecule has 2 heterocycles. The predicted octanol–water partition coefficient (Wildman–Crippen LogP) is 2.49. The van der Waals surface area contributed by atoms with Crippen LogP contribution in [-0.2, 0) is 19.6 Å². The van der Waals surface area contributed by atoms with Crippen molar-refractivity contribution in [2.75, 3.05) is 31.3 Å². The molecule has 29 heavy (non-hydrogen) atoms. The summed E-state index contributed by atoms with van der Waals surface area (Å²) < 4.78 is 32.0. The van der Waals surface area contributed by atoms with Crippen molar-refractivity contribution in [1.29, 1.82) is 0 Å². The first-order chi connectivity index (χ1) is 13.8. The van der Waals surface area contributed by atoms with E-state index in [2.05, 4.69) is 20.3 Å². The van der Waals surface area contributed by atoms with E-state index < -0.39 is 21.9 Å². The minimum absolute atomic E-state index is 0.0610. The van der Waals surface area contributed by atoms with Crippen molar-refractivity contribution in [2.45, 2.75) is 22.1 Å². The number of carbonyl (C=O) groups excluding carboxylic acids is 2. The van der Waals surface area contributed by atoms with Crippen LogP contribution in [0.1, 0.15) is 23.2 Å². The maximum atomic E-state index is 12.8. The molecule has 1 aromatic carbocycles. The number of carbonyl (C=O) groups is 2. The van der Waals surface area contributed by atoms with E-state index in [0.717, 1.165) is 35.9 Å². The molecule has 0 aliphatic carbocycles. The summed E-state index contributed by atoms with van der Waals surface area (Å²) in [4.78, 5) is 23.6. The minimum atomic E-state index is -3.76. The van der Waals surface area contributed by atoms with Gasteiger partial charge in [-0.15, -0.1) is 10.2 Å². The third kappa shape index (κ3) is 5.25. The van der Waals surface area contributed by atoms with Gasteiger partial charge in [0.05, 0.1) is 17.9 Å². The van der Waals surface area contributed by atoms with E-state index >= 15 is 0 Å². The first-order valence-corrected chi connectivity index (χ1v) is 12.1. The van der Waals surface area contributed by atoms with Crippen molar-refractivity contribution >= 4 is 61.7 Å². The van der Waals surface area contributed by atoms with Crippen LogP contribution in [0.3, 0.4) is 0 Å². The fourth-order valence-corrected chi connectivity index (χ4v) is 6.17. The maximum Gasteiger partial charge on any atom is 0.316 e. The smallest absolute Gasteiger partial charge is 0.316 e. The van der Waals surface area contributed by atoms with Gasteiger partial charge in [-0.05, 0) is 31.0 Å². The predicted molar refractivity (Wildman–Crippen MR) is 110 cm³/mol. The molecule has 3 rings (SSSR count).